The minimum absolute atomic E-state index is 0.0668. The van der Waals surface area contributed by atoms with Gasteiger partial charge in [-0.05, 0) is 40.8 Å². The van der Waals surface area contributed by atoms with Gasteiger partial charge in [-0.3, -0.25) is 4.79 Å². The van der Waals surface area contributed by atoms with Gasteiger partial charge < -0.3 is 10.1 Å². The first-order valence-electron chi connectivity index (χ1n) is 6.83. The van der Waals surface area contributed by atoms with E-state index in [-0.39, 0.29) is 11.6 Å². The maximum absolute atomic E-state index is 13.1. The fourth-order valence-corrected chi connectivity index (χ4v) is 2.10. The third kappa shape index (κ3) is 3.85. The van der Waals surface area contributed by atoms with Crippen molar-refractivity contribution in [3.8, 4) is 11.4 Å². The number of hydrogen-bond donors (Lipinski definition) is 1. The summed E-state index contributed by atoms with van der Waals surface area (Å²) in [5.41, 5.74) is 1.08. The first-order valence-corrected chi connectivity index (χ1v) is 7.21. The van der Waals surface area contributed by atoms with Crippen molar-refractivity contribution in [2.75, 3.05) is 11.9 Å². The Labute approximate surface area is 141 Å². The SMILES string of the molecule is O=C(COc1cccc(-n2cnnn2)c1)Nc1ccc(F)c(Cl)c1. The lowest BCUT2D eigenvalue weighted by Crippen LogP contribution is -2.20. The molecule has 7 nitrogen and oxygen atoms in total. The topological polar surface area (TPSA) is 81.9 Å². The molecule has 24 heavy (non-hydrogen) atoms. The summed E-state index contributed by atoms with van der Waals surface area (Å²) in [6, 6.07) is 10.9. The van der Waals surface area contributed by atoms with E-state index in [1.54, 1.807) is 24.3 Å². The van der Waals surface area contributed by atoms with Crippen LogP contribution in [0.5, 0.6) is 5.75 Å². The normalized spacial score (nSPS) is 10.4. The molecule has 0 radical (unpaired) electrons. The number of aromatic nitrogens is 4. The second-order valence-corrected chi connectivity index (χ2v) is 5.12. The molecule has 0 atom stereocenters. The van der Waals surface area contributed by atoms with Gasteiger partial charge >= 0.3 is 0 Å². The van der Waals surface area contributed by atoms with Gasteiger partial charge in [-0.25, -0.2) is 9.07 Å². The molecule has 0 saturated heterocycles. The monoisotopic (exact) mass is 347 g/mol. The predicted octanol–water partition coefficient (Wildman–Crippen LogP) is 2.47. The molecule has 0 saturated carbocycles. The summed E-state index contributed by atoms with van der Waals surface area (Å²) in [7, 11) is 0. The van der Waals surface area contributed by atoms with E-state index in [2.05, 4.69) is 20.8 Å². The van der Waals surface area contributed by atoms with Crippen molar-refractivity contribution < 1.29 is 13.9 Å². The lowest BCUT2D eigenvalue weighted by Gasteiger charge is -2.09. The smallest absolute Gasteiger partial charge is 0.262 e. The quantitative estimate of drug-likeness (QED) is 0.766. The summed E-state index contributed by atoms with van der Waals surface area (Å²) in [6.45, 7) is -0.214. The number of rotatable bonds is 5. The van der Waals surface area contributed by atoms with Crippen LogP contribution in [0.3, 0.4) is 0 Å². The molecule has 1 heterocycles. The number of ether oxygens (including phenoxy) is 1. The zero-order chi connectivity index (χ0) is 16.9. The second kappa shape index (κ2) is 7.05. The molecule has 122 valence electrons. The van der Waals surface area contributed by atoms with Gasteiger partial charge in [0.2, 0.25) is 0 Å². The molecule has 0 aliphatic rings. The lowest BCUT2D eigenvalue weighted by atomic mass is 10.3. The molecule has 3 rings (SSSR count). The van der Waals surface area contributed by atoms with Crippen LogP contribution in [0.4, 0.5) is 10.1 Å². The van der Waals surface area contributed by atoms with Gasteiger partial charge in [0.1, 0.15) is 17.9 Å². The largest absolute Gasteiger partial charge is 0.484 e. The standard InChI is InChI=1S/C15H11ClFN5O2/c16-13-6-10(4-5-14(13)17)19-15(23)8-24-12-3-1-2-11(7-12)22-9-18-20-21-22/h1-7,9H,8H2,(H,19,23). The van der Waals surface area contributed by atoms with Crippen LogP contribution in [0, 0.1) is 5.82 Å². The second-order valence-electron chi connectivity index (χ2n) is 4.72. The van der Waals surface area contributed by atoms with Gasteiger partial charge in [0, 0.05) is 11.8 Å². The fourth-order valence-electron chi connectivity index (χ4n) is 1.92. The molecular weight excluding hydrogens is 337 g/mol. The molecular formula is C15H11ClFN5O2. The van der Waals surface area contributed by atoms with Crippen molar-refractivity contribution in [2.45, 2.75) is 0 Å². The van der Waals surface area contributed by atoms with Crippen molar-refractivity contribution in [3.63, 3.8) is 0 Å². The van der Waals surface area contributed by atoms with Gasteiger partial charge in [-0.1, -0.05) is 17.7 Å². The molecule has 0 unspecified atom stereocenters. The van der Waals surface area contributed by atoms with E-state index in [0.29, 0.717) is 17.1 Å². The van der Waals surface area contributed by atoms with Gasteiger partial charge in [-0.15, -0.1) is 5.10 Å². The Morgan fingerprint density at radius 1 is 1.29 bits per heavy atom. The highest BCUT2D eigenvalue weighted by atomic mass is 35.5. The van der Waals surface area contributed by atoms with Crippen LogP contribution >= 0.6 is 11.6 Å². The number of carbonyl (C=O) groups excluding carboxylic acids is 1. The first-order chi connectivity index (χ1) is 11.6. The fraction of sp³-hybridized carbons (Fsp3) is 0.0667. The number of halogens is 2. The minimum atomic E-state index is -0.551. The highest BCUT2D eigenvalue weighted by Gasteiger charge is 2.07. The molecule has 1 amide bonds. The van der Waals surface area contributed by atoms with Crippen LogP contribution < -0.4 is 10.1 Å². The zero-order valence-corrected chi connectivity index (χ0v) is 12.9. The maximum Gasteiger partial charge on any atom is 0.262 e. The van der Waals surface area contributed by atoms with Crippen molar-refractivity contribution >= 4 is 23.2 Å². The molecule has 9 heteroatoms. The Bertz CT molecular complexity index is 857. The van der Waals surface area contributed by atoms with E-state index in [1.807, 2.05) is 0 Å². The van der Waals surface area contributed by atoms with E-state index >= 15 is 0 Å². The number of nitrogens with zero attached hydrogens (tertiary/aromatic N) is 4. The molecule has 0 aliphatic carbocycles. The number of amides is 1. The maximum atomic E-state index is 13.1. The Kier molecular flexibility index (Phi) is 4.66. The van der Waals surface area contributed by atoms with Gasteiger partial charge in [0.25, 0.3) is 5.91 Å². The van der Waals surface area contributed by atoms with E-state index in [9.17, 15) is 9.18 Å². The predicted molar refractivity (Wildman–Crippen MR) is 84.7 cm³/mol. The third-order valence-electron chi connectivity index (χ3n) is 3.00. The van der Waals surface area contributed by atoms with E-state index in [0.717, 1.165) is 0 Å². The lowest BCUT2D eigenvalue weighted by molar-refractivity contribution is -0.118. The number of anilines is 1. The number of tetrazole rings is 1. The number of benzene rings is 2. The molecule has 1 aromatic heterocycles. The summed E-state index contributed by atoms with van der Waals surface area (Å²) < 4.78 is 20.0. The summed E-state index contributed by atoms with van der Waals surface area (Å²) in [4.78, 5) is 11.9. The Hall–Kier alpha value is -3.00. The Morgan fingerprint density at radius 3 is 2.92 bits per heavy atom. The van der Waals surface area contributed by atoms with Crippen LogP contribution in [-0.4, -0.2) is 32.7 Å². The van der Waals surface area contributed by atoms with E-state index < -0.39 is 11.7 Å². The average Bonchev–Trinajstić information content (AvgIpc) is 3.11. The minimum Gasteiger partial charge on any atom is -0.484 e. The zero-order valence-electron chi connectivity index (χ0n) is 12.2. The Morgan fingerprint density at radius 2 is 2.17 bits per heavy atom. The molecule has 0 spiro atoms. The highest BCUT2D eigenvalue weighted by Crippen LogP contribution is 2.19. The van der Waals surface area contributed by atoms with Gasteiger partial charge in [0.15, 0.2) is 6.61 Å². The molecule has 0 fully saturated rings. The van der Waals surface area contributed by atoms with Crippen molar-refractivity contribution in [1.29, 1.82) is 0 Å². The van der Waals surface area contributed by atoms with Crippen molar-refractivity contribution in [2.24, 2.45) is 0 Å². The summed E-state index contributed by atoms with van der Waals surface area (Å²) in [5, 5.41) is 13.4. The Balaban J connectivity index is 1.60. The number of hydrogen-bond acceptors (Lipinski definition) is 5. The summed E-state index contributed by atoms with van der Waals surface area (Å²) in [5.74, 6) is -0.467. The van der Waals surface area contributed by atoms with E-state index in [4.69, 9.17) is 16.3 Å². The van der Waals surface area contributed by atoms with Crippen LogP contribution in [0.15, 0.2) is 48.8 Å². The van der Waals surface area contributed by atoms with E-state index in [1.165, 1.54) is 29.2 Å². The molecule has 1 N–H and O–H groups in total. The molecule has 0 bridgehead atoms. The van der Waals surface area contributed by atoms with Crippen LogP contribution in [0.25, 0.3) is 5.69 Å². The van der Waals surface area contributed by atoms with Crippen LogP contribution in [0.1, 0.15) is 0 Å². The highest BCUT2D eigenvalue weighted by molar-refractivity contribution is 6.31. The first kappa shape index (κ1) is 15.9. The van der Waals surface area contributed by atoms with Crippen LogP contribution in [-0.2, 0) is 4.79 Å². The van der Waals surface area contributed by atoms with Crippen molar-refractivity contribution in [3.05, 3.63) is 59.6 Å². The van der Waals surface area contributed by atoms with Crippen molar-refractivity contribution in [1.82, 2.24) is 20.2 Å². The third-order valence-corrected chi connectivity index (χ3v) is 3.29. The number of carbonyl (C=O) groups is 1. The summed E-state index contributed by atoms with van der Waals surface area (Å²) >= 11 is 5.66. The molecule has 3 aromatic rings. The van der Waals surface area contributed by atoms with Gasteiger partial charge in [0.05, 0.1) is 10.7 Å². The number of nitrogens with one attached hydrogen (secondary N) is 1. The average molecular weight is 348 g/mol. The van der Waals surface area contributed by atoms with Crippen LogP contribution in [0.2, 0.25) is 5.02 Å². The molecule has 0 aliphatic heterocycles. The van der Waals surface area contributed by atoms with Gasteiger partial charge in [-0.2, -0.15) is 0 Å². The summed E-state index contributed by atoms with van der Waals surface area (Å²) in [6.07, 6.45) is 1.45. The molecule has 2 aromatic carbocycles.